The summed E-state index contributed by atoms with van der Waals surface area (Å²) < 4.78 is 10.2. The van der Waals surface area contributed by atoms with E-state index in [9.17, 15) is 14.4 Å². The molecule has 2 aliphatic heterocycles. The number of carbonyl (C=O) groups is 3. The van der Waals surface area contributed by atoms with Crippen molar-refractivity contribution >= 4 is 29.7 Å². The average Bonchev–Trinajstić information content (AvgIpc) is 3.02. The number of unbranched alkanes of at least 4 members (excludes halogenated alkanes) is 1. The van der Waals surface area contributed by atoms with Crippen molar-refractivity contribution in [1.29, 1.82) is 0 Å². The fraction of sp³-hybridized carbons (Fsp3) is 0.824. The van der Waals surface area contributed by atoms with E-state index in [-0.39, 0.29) is 11.3 Å². The smallest absolute Gasteiger partial charge is 0.408 e. The molecule has 0 aromatic rings. The molecule has 0 spiro atoms. The Kier molecular flexibility index (Phi) is 5.91. The van der Waals surface area contributed by atoms with Crippen LogP contribution in [0.5, 0.6) is 0 Å². The van der Waals surface area contributed by atoms with Crippen LogP contribution in [0.3, 0.4) is 0 Å². The number of hydrogen-bond donors (Lipinski definition) is 1. The first-order valence-electron chi connectivity index (χ1n) is 8.67. The van der Waals surface area contributed by atoms with E-state index in [2.05, 4.69) is 5.32 Å². The molecule has 2 aliphatic rings. The van der Waals surface area contributed by atoms with Gasteiger partial charge in [0.15, 0.2) is 0 Å². The van der Waals surface area contributed by atoms with Crippen LogP contribution in [0.15, 0.2) is 0 Å². The number of methoxy groups -OCH3 is 1. The topological polar surface area (TPSA) is 84.9 Å². The lowest BCUT2D eigenvalue weighted by atomic mass is 9.91. The van der Waals surface area contributed by atoms with Gasteiger partial charge in [-0.05, 0) is 27.2 Å². The van der Waals surface area contributed by atoms with E-state index in [1.165, 1.54) is 7.11 Å². The molecule has 1 N–H and O–H groups in total. The van der Waals surface area contributed by atoms with Crippen LogP contribution in [-0.2, 0) is 19.1 Å². The van der Waals surface area contributed by atoms with Crippen LogP contribution >= 0.6 is 11.8 Å². The normalized spacial score (nSPS) is 28.7. The molecule has 25 heavy (non-hydrogen) atoms. The third-order valence-corrected chi connectivity index (χ3v) is 5.72. The van der Waals surface area contributed by atoms with Gasteiger partial charge < -0.3 is 19.7 Å². The first-order chi connectivity index (χ1) is 11.6. The highest BCUT2D eigenvalue weighted by atomic mass is 32.2. The highest BCUT2D eigenvalue weighted by Crippen LogP contribution is 2.44. The second-order valence-electron chi connectivity index (χ2n) is 7.56. The van der Waals surface area contributed by atoms with Gasteiger partial charge in [-0.2, -0.15) is 0 Å². The molecule has 8 heteroatoms. The zero-order valence-electron chi connectivity index (χ0n) is 15.6. The Bertz CT molecular complexity index is 548. The van der Waals surface area contributed by atoms with Gasteiger partial charge >= 0.3 is 12.1 Å². The number of amides is 2. The van der Waals surface area contributed by atoms with Gasteiger partial charge in [-0.25, -0.2) is 9.59 Å². The lowest BCUT2D eigenvalue weighted by Gasteiger charge is -2.31. The van der Waals surface area contributed by atoms with Crippen LogP contribution in [-0.4, -0.2) is 58.3 Å². The van der Waals surface area contributed by atoms with Crippen LogP contribution in [0.25, 0.3) is 0 Å². The number of hydrogen-bond acceptors (Lipinski definition) is 6. The molecule has 0 unspecified atom stereocenters. The van der Waals surface area contributed by atoms with Crippen molar-refractivity contribution in [3.63, 3.8) is 0 Å². The standard InChI is InChI=1S/C17H28N2O5S/c1-6-7-8-17(18-15(22)24-16(2,3)4)9-12-19(14(17)21)11(10-25-12)13(20)23-5/h11-12H,6-10H2,1-5H3,(H,18,22)/t11-,12-,17-/m1/s1. The number of nitrogens with zero attached hydrogens (tertiary/aromatic N) is 1. The van der Waals surface area contributed by atoms with Gasteiger partial charge in [0, 0.05) is 12.2 Å². The monoisotopic (exact) mass is 372 g/mol. The second-order valence-corrected chi connectivity index (χ2v) is 8.77. The summed E-state index contributed by atoms with van der Waals surface area (Å²) in [6.07, 6.45) is 2.11. The lowest BCUT2D eigenvalue weighted by molar-refractivity contribution is -0.151. The van der Waals surface area contributed by atoms with E-state index >= 15 is 0 Å². The molecule has 0 saturated carbocycles. The lowest BCUT2D eigenvalue weighted by Crippen LogP contribution is -2.57. The molecule has 2 rings (SSSR count). The maximum Gasteiger partial charge on any atom is 0.408 e. The minimum Gasteiger partial charge on any atom is -0.467 e. The van der Waals surface area contributed by atoms with Crippen molar-refractivity contribution < 1.29 is 23.9 Å². The number of thioether (sulfide) groups is 1. The van der Waals surface area contributed by atoms with Crippen molar-refractivity contribution in [3.8, 4) is 0 Å². The molecule has 2 saturated heterocycles. The zero-order chi connectivity index (χ0) is 18.8. The molecule has 0 radical (unpaired) electrons. The number of carbonyl (C=O) groups excluding carboxylic acids is 3. The zero-order valence-corrected chi connectivity index (χ0v) is 16.4. The highest BCUT2D eigenvalue weighted by Gasteiger charge is 2.58. The summed E-state index contributed by atoms with van der Waals surface area (Å²) in [5.74, 6) is -0.0940. The number of nitrogens with one attached hydrogen (secondary N) is 1. The van der Waals surface area contributed by atoms with Gasteiger partial charge in [-0.1, -0.05) is 19.8 Å². The molecule has 0 aromatic heterocycles. The third kappa shape index (κ3) is 4.22. The van der Waals surface area contributed by atoms with Crippen LogP contribution in [0.1, 0.15) is 53.4 Å². The Balaban J connectivity index is 2.22. The summed E-state index contributed by atoms with van der Waals surface area (Å²) in [4.78, 5) is 39.1. The Morgan fingerprint density at radius 2 is 2.08 bits per heavy atom. The van der Waals surface area contributed by atoms with Crippen LogP contribution in [0, 0.1) is 0 Å². The van der Waals surface area contributed by atoms with Crippen LogP contribution in [0.2, 0.25) is 0 Å². The number of fused-ring (bicyclic) bond motifs is 1. The summed E-state index contributed by atoms with van der Waals surface area (Å²) in [6, 6.07) is -0.587. The summed E-state index contributed by atoms with van der Waals surface area (Å²) >= 11 is 1.56. The van der Waals surface area contributed by atoms with Gasteiger partial charge in [-0.3, -0.25) is 4.79 Å². The minimum absolute atomic E-state index is 0.122. The van der Waals surface area contributed by atoms with Crippen molar-refractivity contribution in [2.24, 2.45) is 0 Å². The van der Waals surface area contributed by atoms with Crippen LogP contribution in [0.4, 0.5) is 4.79 Å². The molecule has 0 aliphatic carbocycles. The molecular formula is C17H28N2O5S. The number of rotatable bonds is 5. The summed E-state index contributed by atoms with van der Waals surface area (Å²) in [7, 11) is 1.32. The maximum absolute atomic E-state index is 13.2. The van der Waals surface area contributed by atoms with Gasteiger partial charge in [0.2, 0.25) is 5.91 Å². The van der Waals surface area contributed by atoms with Crippen LogP contribution < -0.4 is 5.32 Å². The van der Waals surface area contributed by atoms with Crippen molar-refractivity contribution in [2.45, 2.75) is 75.9 Å². The van der Waals surface area contributed by atoms with E-state index in [1.54, 1.807) is 37.4 Å². The number of alkyl carbamates (subject to hydrolysis) is 1. The molecule has 0 aromatic carbocycles. The molecule has 0 bridgehead atoms. The Morgan fingerprint density at radius 1 is 1.40 bits per heavy atom. The van der Waals surface area contributed by atoms with E-state index in [1.807, 2.05) is 6.92 Å². The predicted molar refractivity (Wildman–Crippen MR) is 95.1 cm³/mol. The molecule has 2 heterocycles. The molecule has 142 valence electrons. The SMILES string of the molecule is CCCC[C@@]1(NC(=O)OC(C)(C)C)C[C@H]2SC[C@H](C(=O)OC)N2C1=O. The molecule has 3 atom stereocenters. The second kappa shape index (κ2) is 7.43. The molecular weight excluding hydrogens is 344 g/mol. The Hall–Kier alpha value is -1.44. The maximum atomic E-state index is 13.2. The first-order valence-corrected chi connectivity index (χ1v) is 9.72. The summed E-state index contributed by atoms with van der Waals surface area (Å²) in [5.41, 5.74) is -1.65. The molecule has 2 fully saturated rings. The minimum atomic E-state index is -1.01. The number of ether oxygens (including phenoxy) is 2. The van der Waals surface area contributed by atoms with Gasteiger partial charge in [0.05, 0.1) is 12.5 Å². The van der Waals surface area contributed by atoms with Gasteiger partial charge in [0.1, 0.15) is 17.2 Å². The van der Waals surface area contributed by atoms with E-state index in [4.69, 9.17) is 9.47 Å². The van der Waals surface area contributed by atoms with E-state index < -0.39 is 29.2 Å². The largest absolute Gasteiger partial charge is 0.467 e. The van der Waals surface area contributed by atoms with Crippen molar-refractivity contribution in [3.05, 3.63) is 0 Å². The van der Waals surface area contributed by atoms with Crippen molar-refractivity contribution in [1.82, 2.24) is 10.2 Å². The predicted octanol–water partition coefficient (Wildman–Crippen LogP) is 2.29. The first kappa shape index (κ1) is 19.9. The van der Waals surface area contributed by atoms with Gasteiger partial charge in [0.25, 0.3) is 0 Å². The van der Waals surface area contributed by atoms with Crippen molar-refractivity contribution in [2.75, 3.05) is 12.9 Å². The Labute approximate surface area is 153 Å². The summed E-state index contributed by atoms with van der Waals surface area (Å²) in [5, 5.41) is 2.70. The van der Waals surface area contributed by atoms with E-state index in [0.717, 1.165) is 12.8 Å². The number of esters is 1. The molecule has 7 nitrogen and oxygen atoms in total. The quantitative estimate of drug-likeness (QED) is 0.746. The Morgan fingerprint density at radius 3 is 2.64 bits per heavy atom. The fourth-order valence-electron chi connectivity index (χ4n) is 3.30. The summed E-state index contributed by atoms with van der Waals surface area (Å²) in [6.45, 7) is 7.38. The highest BCUT2D eigenvalue weighted by molar-refractivity contribution is 8.00. The fourth-order valence-corrected chi connectivity index (χ4v) is 4.80. The third-order valence-electron chi connectivity index (χ3n) is 4.43. The van der Waals surface area contributed by atoms with Gasteiger partial charge in [-0.15, -0.1) is 11.8 Å². The molecule has 2 amide bonds. The average molecular weight is 372 g/mol. The van der Waals surface area contributed by atoms with E-state index in [0.29, 0.717) is 18.6 Å².